The minimum absolute atomic E-state index is 0.293. The second-order valence-corrected chi connectivity index (χ2v) is 6.79. The number of anilines is 1. The molecule has 2 heterocycles. The third-order valence-electron chi connectivity index (χ3n) is 5.01. The monoisotopic (exact) mass is 354 g/mol. The Morgan fingerprint density at radius 3 is 2.81 bits per heavy atom. The van der Waals surface area contributed by atoms with Crippen molar-refractivity contribution in [2.45, 2.75) is 32.1 Å². The van der Waals surface area contributed by atoms with Gasteiger partial charge in [0.15, 0.2) is 5.58 Å². The maximum absolute atomic E-state index is 13.3. The minimum Gasteiger partial charge on any atom is -0.491 e. The van der Waals surface area contributed by atoms with Gasteiger partial charge in [-0.25, -0.2) is 4.39 Å². The molecular weight excluding hydrogens is 331 g/mol. The summed E-state index contributed by atoms with van der Waals surface area (Å²) in [5, 5.41) is 5.16. The molecule has 4 rings (SSSR count). The van der Waals surface area contributed by atoms with Crippen LogP contribution >= 0.6 is 0 Å². The van der Waals surface area contributed by atoms with Gasteiger partial charge >= 0.3 is 0 Å². The van der Waals surface area contributed by atoms with Crippen molar-refractivity contribution in [1.29, 1.82) is 0 Å². The van der Waals surface area contributed by atoms with Crippen molar-refractivity contribution in [3.63, 3.8) is 0 Å². The molecular formula is C21H23FN2O2. The smallest absolute Gasteiger partial charge is 0.170 e. The standard InChI is InChI=1S/C21H23FN2O2/c1-2-13-25-19-6-4-3-5-18(19)24-11-9-15(10-12-24)21-17-8-7-16(22)14-20(17)26-23-21/h3-8,14-15H,2,9-13H2,1H3. The summed E-state index contributed by atoms with van der Waals surface area (Å²) in [6.45, 7) is 4.72. The number of aromatic nitrogens is 1. The van der Waals surface area contributed by atoms with Gasteiger partial charge in [-0.15, -0.1) is 0 Å². The first kappa shape index (κ1) is 16.9. The van der Waals surface area contributed by atoms with Gasteiger partial charge in [-0.3, -0.25) is 0 Å². The van der Waals surface area contributed by atoms with Gasteiger partial charge in [-0.2, -0.15) is 0 Å². The maximum atomic E-state index is 13.3. The van der Waals surface area contributed by atoms with E-state index in [1.807, 2.05) is 12.1 Å². The normalized spacial score (nSPS) is 15.5. The molecule has 5 heteroatoms. The summed E-state index contributed by atoms with van der Waals surface area (Å²) < 4.78 is 24.6. The quantitative estimate of drug-likeness (QED) is 0.636. The summed E-state index contributed by atoms with van der Waals surface area (Å²) in [5.74, 6) is 0.996. The van der Waals surface area contributed by atoms with Crippen LogP contribution in [0, 0.1) is 5.82 Å². The van der Waals surface area contributed by atoms with Crippen LogP contribution < -0.4 is 9.64 Å². The second kappa shape index (κ2) is 7.36. The Bertz CT molecular complexity index is 885. The number of halogens is 1. The molecule has 0 spiro atoms. The lowest BCUT2D eigenvalue weighted by Crippen LogP contribution is -2.33. The molecule has 0 atom stereocenters. The lowest BCUT2D eigenvalue weighted by Gasteiger charge is -2.33. The van der Waals surface area contributed by atoms with Crippen LogP contribution in [0.25, 0.3) is 11.0 Å². The Morgan fingerprint density at radius 1 is 1.19 bits per heavy atom. The van der Waals surface area contributed by atoms with Crippen molar-refractivity contribution in [2.75, 3.05) is 24.6 Å². The number of rotatable bonds is 5. The lowest BCUT2D eigenvalue weighted by atomic mass is 9.91. The molecule has 0 N–H and O–H groups in total. The van der Waals surface area contributed by atoms with E-state index in [4.69, 9.17) is 9.26 Å². The Kier molecular flexibility index (Phi) is 4.78. The van der Waals surface area contributed by atoms with Crippen molar-refractivity contribution < 1.29 is 13.7 Å². The number of ether oxygens (including phenoxy) is 1. The van der Waals surface area contributed by atoms with Crippen molar-refractivity contribution in [3.8, 4) is 5.75 Å². The van der Waals surface area contributed by atoms with Crippen LogP contribution in [0.5, 0.6) is 5.75 Å². The molecule has 1 aliphatic rings. The highest BCUT2D eigenvalue weighted by Crippen LogP contribution is 2.36. The third-order valence-corrected chi connectivity index (χ3v) is 5.01. The summed E-state index contributed by atoms with van der Waals surface area (Å²) in [4.78, 5) is 2.38. The summed E-state index contributed by atoms with van der Waals surface area (Å²) in [7, 11) is 0. The van der Waals surface area contributed by atoms with Gasteiger partial charge in [0, 0.05) is 30.5 Å². The molecule has 2 aromatic carbocycles. The molecule has 1 fully saturated rings. The molecule has 1 aromatic heterocycles. The van der Waals surface area contributed by atoms with E-state index < -0.39 is 0 Å². The van der Waals surface area contributed by atoms with E-state index >= 15 is 0 Å². The molecule has 0 saturated carbocycles. The topological polar surface area (TPSA) is 38.5 Å². The van der Waals surface area contributed by atoms with Crippen LogP contribution in [0.1, 0.15) is 37.8 Å². The molecule has 0 unspecified atom stereocenters. The largest absolute Gasteiger partial charge is 0.491 e. The SMILES string of the molecule is CCCOc1ccccc1N1CCC(c2noc3cc(F)ccc23)CC1. The summed E-state index contributed by atoms with van der Waals surface area (Å²) in [5.41, 5.74) is 2.64. The molecule has 0 amide bonds. The first-order valence-corrected chi connectivity index (χ1v) is 9.28. The number of piperidine rings is 1. The minimum atomic E-state index is -0.293. The molecule has 3 aromatic rings. The number of hydrogen-bond donors (Lipinski definition) is 0. The van der Waals surface area contributed by atoms with Crippen LogP contribution in [-0.4, -0.2) is 24.9 Å². The van der Waals surface area contributed by atoms with Gasteiger partial charge in [-0.1, -0.05) is 24.2 Å². The molecule has 0 bridgehead atoms. The van der Waals surface area contributed by atoms with Gasteiger partial charge < -0.3 is 14.2 Å². The molecule has 136 valence electrons. The molecule has 1 aliphatic heterocycles. The maximum Gasteiger partial charge on any atom is 0.170 e. The van der Waals surface area contributed by atoms with Crippen LogP contribution in [-0.2, 0) is 0 Å². The summed E-state index contributed by atoms with van der Waals surface area (Å²) in [6.07, 6.45) is 2.97. The average Bonchev–Trinajstić information content (AvgIpc) is 3.09. The number of para-hydroxylation sites is 2. The second-order valence-electron chi connectivity index (χ2n) is 6.79. The highest BCUT2D eigenvalue weighted by molar-refractivity contribution is 5.80. The fourth-order valence-corrected chi connectivity index (χ4v) is 3.67. The number of hydrogen-bond acceptors (Lipinski definition) is 4. The Balaban J connectivity index is 1.49. The van der Waals surface area contributed by atoms with Crippen molar-refractivity contribution in [1.82, 2.24) is 5.16 Å². The van der Waals surface area contributed by atoms with Gasteiger partial charge in [0.1, 0.15) is 11.6 Å². The third kappa shape index (κ3) is 3.26. The Morgan fingerprint density at radius 2 is 2.00 bits per heavy atom. The van der Waals surface area contributed by atoms with Gasteiger partial charge in [0.05, 0.1) is 18.0 Å². The van der Waals surface area contributed by atoms with E-state index in [0.717, 1.165) is 61.5 Å². The van der Waals surface area contributed by atoms with Gasteiger partial charge in [0.25, 0.3) is 0 Å². The van der Waals surface area contributed by atoms with Crippen LogP contribution in [0.2, 0.25) is 0 Å². The van der Waals surface area contributed by atoms with Crippen LogP contribution in [0.3, 0.4) is 0 Å². The van der Waals surface area contributed by atoms with Gasteiger partial charge in [-0.05, 0) is 43.5 Å². The fraction of sp³-hybridized carbons (Fsp3) is 0.381. The summed E-state index contributed by atoms with van der Waals surface area (Å²) in [6, 6.07) is 12.9. The zero-order valence-electron chi connectivity index (χ0n) is 15.0. The Labute approximate surface area is 152 Å². The lowest BCUT2D eigenvalue weighted by molar-refractivity contribution is 0.316. The van der Waals surface area contributed by atoms with Crippen molar-refractivity contribution >= 4 is 16.7 Å². The van der Waals surface area contributed by atoms with E-state index in [1.54, 1.807) is 6.07 Å². The molecule has 26 heavy (non-hydrogen) atoms. The van der Waals surface area contributed by atoms with E-state index in [0.29, 0.717) is 11.5 Å². The van der Waals surface area contributed by atoms with E-state index in [-0.39, 0.29) is 5.82 Å². The molecule has 4 nitrogen and oxygen atoms in total. The zero-order valence-corrected chi connectivity index (χ0v) is 15.0. The molecule has 1 saturated heterocycles. The summed E-state index contributed by atoms with van der Waals surface area (Å²) >= 11 is 0. The predicted molar refractivity (Wildman–Crippen MR) is 100 cm³/mol. The predicted octanol–water partition coefficient (Wildman–Crippen LogP) is 5.14. The van der Waals surface area contributed by atoms with Crippen molar-refractivity contribution in [3.05, 3.63) is 54.0 Å². The first-order valence-electron chi connectivity index (χ1n) is 9.28. The molecule has 0 aliphatic carbocycles. The van der Waals surface area contributed by atoms with E-state index in [1.165, 1.54) is 12.1 Å². The van der Waals surface area contributed by atoms with Gasteiger partial charge in [0.2, 0.25) is 0 Å². The van der Waals surface area contributed by atoms with Crippen molar-refractivity contribution in [2.24, 2.45) is 0 Å². The Hall–Kier alpha value is -2.56. The first-order chi connectivity index (χ1) is 12.8. The van der Waals surface area contributed by atoms with Crippen LogP contribution in [0.4, 0.5) is 10.1 Å². The average molecular weight is 354 g/mol. The fourth-order valence-electron chi connectivity index (χ4n) is 3.67. The van der Waals surface area contributed by atoms with E-state index in [9.17, 15) is 4.39 Å². The number of benzene rings is 2. The number of fused-ring (bicyclic) bond motifs is 1. The van der Waals surface area contributed by atoms with Crippen LogP contribution in [0.15, 0.2) is 47.0 Å². The highest BCUT2D eigenvalue weighted by Gasteiger charge is 2.26. The number of nitrogens with zero attached hydrogens (tertiary/aromatic N) is 2. The highest BCUT2D eigenvalue weighted by atomic mass is 19.1. The molecule has 0 radical (unpaired) electrons. The van der Waals surface area contributed by atoms with E-state index in [2.05, 4.69) is 29.1 Å². The zero-order chi connectivity index (χ0) is 17.9.